The Hall–Kier alpha value is -3.55. The summed E-state index contributed by atoms with van der Waals surface area (Å²) in [7, 11) is -0.595. The lowest BCUT2D eigenvalue weighted by molar-refractivity contribution is 0.00578. The second-order valence-corrected chi connectivity index (χ2v) is 10.2. The van der Waals surface area contributed by atoms with Crippen LogP contribution in [0.5, 0.6) is 0 Å². The maximum atomic E-state index is 12.5. The molecule has 4 aromatic rings. The average Bonchev–Trinajstić information content (AvgIpc) is 3.33. The molecule has 2 N–H and O–H groups in total. The molecule has 0 spiro atoms. The summed E-state index contributed by atoms with van der Waals surface area (Å²) in [4.78, 5) is 16.0. The predicted octanol–water partition coefficient (Wildman–Crippen LogP) is 6.26. The predicted molar refractivity (Wildman–Crippen MR) is 144 cm³/mol. The summed E-state index contributed by atoms with van der Waals surface area (Å²) in [5.74, 6) is 0. The van der Waals surface area contributed by atoms with E-state index in [9.17, 15) is 4.79 Å². The lowest BCUT2D eigenvalue weighted by Crippen LogP contribution is -2.41. The summed E-state index contributed by atoms with van der Waals surface area (Å²) >= 11 is 0. The number of hydrogen-bond donors (Lipinski definition) is 2. The monoisotopic (exact) mass is 482 g/mol. The fourth-order valence-electron chi connectivity index (χ4n) is 4.32. The molecule has 3 aromatic carbocycles. The number of aromatic amines is 1. The minimum Gasteiger partial charge on any atom is -0.445 e. The van der Waals surface area contributed by atoms with Crippen molar-refractivity contribution in [3.05, 3.63) is 89.4 Å². The van der Waals surface area contributed by atoms with Gasteiger partial charge in [-0.25, -0.2) is 4.79 Å². The number of rotatable bonds is 6. The molecule has 1 aliphatic rings. The van der Waals surface area contributed by atoms with E-state index in [4.69, 9.17) is 14.0 Å². The van der Waals surface area contributed by atoms with Gasteiger partial charge in [0.25, 0.3) is 0 Å². The summed E-state index contributed by atoms with van der Waals surface area (Å²) in [5, 5.41) is 5.23. The summed E-state index contributed by atoms with van der Waals surface area (Å²) in [6.45, 7) is 8.51. The van der Waals surface area contributed by atoms with E-state index in [0.717, 1.165) is 27.6 Å². The largest absolute Gasteiger partial charge is 0.492 e. The number of ether oxygens (including phenoxy) is 1. The Labute approximate surface area is 211 Å². The first-order valence-electron chi connectivity index (χ1n) is 12.2. The van der Waals surface area contributed by atoms with Gasteiger partial charge in [0.05, 0.1) is 11.2 Å². The molecule has 0 unspecified atom stereocenters. The molecule has 7 heteroatoms. The number of para-hydroxylation sites is 1. The molecule has 0 bridgehead atoms. The lowest BCUT2D eigenvalue weighted by Gasteiger charge is -2.32. The fourth-order valence-corrected chi connectivity index (χ4v) is 4.32. The van der Waals surface area contributed by atoms with Crippen molar-refractivity contribution in [1.29, 1.82) is 0 Å². The molecule has 6 nitrogen and oxygen atoms in total. The first-order chi connectivity index (χ1) is 17.2. The molecule has 1 aliphatic heterocycles. The van der Waals surface area contributed by atoms with Gasteiger partial charge in [0, 0.05) is 28.4 Å². The van der Waals surface area contributed by atoms with Gasteiger partial charge in [-0.05, 0) is 56.4 Å². The summed E-state index contributed by atoms with van der Waals surface area (Å²) < 4.78 is 18.0. The van der Waals surface area contributed by atoms with Crippen molar-refractivity contribution in [3.63, 3.8) is 0 Å². The SMILES string of the molecule is CC1(C)OB(C(=Cc2ccc3c(c2)[nH]c2ccccc23)CNC(=O)OCc2ccccc2)OC1(C)C. The molecular formula is C29H31BN2O4. The van der Waals surface area contributed by atoms with Crippen LogP contribution in [0, 0.1) is 0 Å². The van der Waals surface area contributed by atoms with Crippen molar-refractivity contribution in [3.8, 4) is 0 Å². The molecule has 0 aliphatic carbocycles. The van der Waals surface area contributed by atoms with Gasteiger partial charge in [0.1, 0.15) is 6.61 Å². The molecule has 0 radical (unpaired) electrons. The zero-order valence-electron chi connectivity index (χ0n) is 21.1. The van der Waals surface area contributed by atoms with Gasteiger partial charge in [-0.2, -0.15) is 0 Å². The van der Waals surface area contributed by atoms with Crippen molar-refractivity contribution in [2.75, 3.05) is 6.54 Å². The molecule has 1 amide bonds. The zero-order chi connectivity index (χ0) is 25.3. The van der Waals surface area contributed by atoms with E-state index in [2.05, 4.69) is 40.6 Å². The molecule has 2 heterocycles. The van der Waals surface area contributed by atoms with Gasteiger partial charge >= 0.3 is 13.2 Å². The van der Waals surface area contributed by atoms with Crippen molar-refractivity contribution in [2.24, 2.45) is 0 Å². The van der Waals surface area contributed by atoms with E-state index >= 15 is 0 Å². The number of alkyl carbamates (subject to hydrolysis) is 1. The lowest BCUT2D eigenvalue weighted by atomic mass is 9.77. The van der Waals surface area contributed by atoms with Gasteiger partial charge in [-0.3, -0.25) is 0 Å². The van der Waals surface area contributed by atoms with Crippen LogP contribution in [0.15, 0.2) is 78.3 Å². The van der Waals surface area contributed by atoms with Gasteiger partial charge in [0.2, 0.25) is 0 Å². The van der Waals surface area contributed by atoms with Gasteiger partial charge in [-0.1, -0.05) is 66.7 Å². The van der Waals surface area contributed by atoms with Crippen LogP contribution in [0.4, 0.5) is 4.79 Å². The van der Waals surface area contributed by atoms with Gasteiger partial charge < -0.3 is 24.3 Å². The Morgan fingerprint density at radius 3 is 2.33 bits per heavy atom. The smallest absolute Gasteiger partial charge is 0.445 e. The number of nitrogens with one attached hydrogen (secondary N) is 2. The molecule has 0 atom stereocenters. The highest BCUT2D eigenvalue weighted by atomic mass is 16.7. The number of H-pyrrole nitrogens is 1. The number of aromatic nitrogens is 1. The number of amides is 1. The Bertz CT molecular complexity index is 1410. The van der Waals surface area contributed by atoms with Gasteiger partial charge in [0.15, 0.2) is 0 Å². The number of carbonyl (C=O) groups is 1. The second kappa shape index (κ2) is 9.49. The average molecular weight is 482 g/mol. The molecule has 36 heavy (non-hydrogen) atoms. The quantitative estimate of drug-likeness (QED) is 0.318. The number of hydrogen-bond acceptors (Lipinski definition) is 4. The first kappa shape index (κ1) is 24.2. The number of fused-ring (bicyclic) bond motifs is 3. The van der Waals surface area contributed by atoms with E-state index in [0.29, 0.717) is 0 Å². The highest BCUT2D eigenvalue weighted by Crippen LogP contribution is 2.39. The van der Waals surface area contributed by atoms with Crippen LogP contribution >= 0.6 is 0 Å². The number of carbonyl (C=O) groups excluding carboxylic acids is 1. The fraction of sp³-hybridized carbons (Fsp3) is 0.276. The van der Waals surface area contributed by atoms with Crippen LogP contribution in [0.1, 0.15) is 38.8 Å². The van der Waals surface area contributed by atoms with Crippen LogP contribution in [-0.2, 0) is 20.7 Å². The first-order valence-corrected chi connectivity index (χ1v) is 12.2. The third-order valence-electron chi connectivity index (χ3n) is 7.09. The Morgan fingerprint density at radius 2 is 1.58 bits per heavy atom. The Morgan fingerprint density at radius 1 is 0.917 bits per heavy atom. The third-order valence-corrected chi connectivity index (χ3v) is 7.09. The minimum absolute atomic E-state index is 0.208. The van der Waals surface area contributed by atoms with Crippen LogP contribution < -0.4 is 5.32 Å². The molecule has 1 aromatic heterocycles. The van der Waals surface area contributed by atoms with Crippen LogP contribution in [0.2, 0.25) is 0 Å². The third kappa shape index (κ3) is 4.90. The highest BCUT2D eigenvalue weighted by molar-refractivity contribution is 6.56. The van der Waals surface area contributed by atoms with E-state index in [1.54, 1.807) is 0 Å². The van der Waals surface area contributed by atoms with Crippen LogP contribution in [0.25, 0.3) is 27.9 Å². The molecule has 0 saturated carbocycles. The van der Waals surface area contributed by atoms with E-state index in [-0.39, 0.29) is 13.2 Å². The van der Waals surface area contributed by atoms with Crippen molar-refractivity contribution >= 4 is 41.1 Å². The van der Waals surface area contributed by atoms with Gasteiger partial charge in [-0.15, -0.1) is 0 Å². The van der Waals surface area contributed by atoms with E-state index in [1.165, 1.54) is 10.8 Å². The molecular weight excluding hydrogens is 451 g/mol. The van der Waals surface area contributed by atoms with E-state index in [1.807, 2.05) is 76.2 Å². The summed E-state index contributed by atoms with van der Waals surface area (Å²) in [6, 6.07) is 24.2. The standard InChI is InChI=1S/C29H31BN2O4/c1-28(2)29(3,4)36-30(35-28)22(18-31-27(33)34-19-20-10-6-5-7-11-20)16-21-14-15-24-23-12-8-9-13-25(23)32-26(24)17-21/h5-17,32H,18-19H2,1-4H3,(H,31,33). The summed E-state index contributed by atoms with van der Waals surface area (Å²) in [6.07, 6.45) is 1.53. The topological polar surface area (TPSA) is 72.6 Å². The van der Waals surface area contributed by atoms with Crippen molar-refractivity contribution < 1.29 is 18.8 Å². The maximum Gasteiger partial charge on any atom is 0.492 e. The molecule has 5 rings (SSSR count). The summed E-state index contributed by atoms with van der Waals surface area (Å²) in [5.41, 5.74) is 3.88. The van der Waals surface area contributed by atoms with Crippen molar-refractivity contribution in [1.82, 2.24) is 10.3 Å². The Balaban J connectivity index is 1.38. The van der Waals surface area contributed by atoms with E-state index < -0.39 is 24.4 Å². The van der Waals surface area contributed by atoms with Crippen LogP contribution in [-0.4, -0.2) is 35.9 Å². The second-order valence-electron chi connectivity index (χ2n) is 10.2. The maximum absolute atomic E-state index is 12.5. The molecule has 1 fully saturated rings. The van der Waals surface area contributed by atoms with Crippen LogP contribution in [0.3, 0.4) is 0 Å². The Kier molecular flexibility index (Phi) is 6.37. The highest BCUT2D eigenvalue weighted by Gasteiger charge is 2.52. The number of benzene rings is 3. The minimum atomic E-state index is -0.595. The molecule has 1 saturated heterocycles. The zero-order valence-corrected chi connectivity index (χ0v) is 21.1. The van der Waals surface area contributed by atoms with Crippen molar-refractivity contribution in [2.45, 2.75) is 45.5 Å². The molecule has 184 valence electrons. The normalized spacial score (nSPS) is 17.0.